The second-order valence-electron chi connectivity index (χ2n) is 13.7. The van der Waals surface area contributed by atoms with Gasteiger partial charge in [-0.2, -0.15) is 0 Å². The molecule has 2 aromatic rings. The van der Waals surface area contributed by atoms with Gasteiger partial charge in [0.05, 0.1) is 23.8 Å². The molecule has 1 amide bonds. The number of rotatable bonds is 2. The molecule has 2 heterocycles. The fraction of sp³-hybridized carbons (Fsp3) is 0.559. The van der Waals surface area contributed by atoms with Gasteiger partial charge in [-0.25, -0.2) is 13.1 Å². The second kappa shape index (κ2) is 12.4. The van der Waals surface area contributed by atoms with Crippen molar-refractivity contribution in [2.45, 2.75) is 68.6 Å². The highest BCUT2D eigenvalue weighted by atomic mass is 35.5. The lowest BCUT2D eigenvalue weighted by molar-refractivity contribution is -0.0289. The molecule has 1 fully saturated rings. The van der Waals surface area contributed by atoms with Crippen LogP contribution in [0.5, 0.6) is 5.75 Å². The molecule has 8 nitrogen and oxygen atoms in total. The highest BCUT2D eigenvalue weighted by molar-refractivity contribution is 7.91. The van der Waals surface area contributed by atoms with Crippen LogP contribution in [0.4, 0.5) is 5.69 Å². The third kappa shape index (κ3) is 6.38. The van der Waals surface area contributed by atoms with Gasteiger partial charge >= 0.3 is 0 Å². The molecule has 2 bridgehead atoms. The molecule has 2 aliphatic heterocycles. The number of sulfonamides is 1. The first kappa shape index (κ1) is 32.7. The summed E-state index contributed by atoms with van der Waals surface area (Å²) in [5, 5.41) is 11.9. The number of aryl methyl sites for hydroxylation is 1. The number of anilines is 1. The first-order chi connectivity index (χ1) is 21.3. The topological polar surface area (TPSA) is 119 Å². The quantitative estimate of drug-likeness (QED) is 0.340. The van der Waals surface area contributed by atoms with E-state index in [1.165, 1.54) is 11.1 Å². The van der Waals surface area contributed by atoms with Crippen molar-refractivity contribution >= 4 is 44.4 Å². The molecule has 7 atom stereocenters. The summed E-state index contributed by atoms with van der Waals surface area (Å²) in [5.74, 6) is -0.247. The molecule has 6 rings (SSSR count). The fourth-order valence-electron chi connectivity index (χ4n) is 7.85. The smallest absolute Gasteiger partial charge is 0.264 e. The maximum atomic E-state index is 13.4. The first-order valence-electron chi connectivity index (χ1n) is 15.9. The number of fused-ring (bicyclic) bond motifs is 4. The van der Waals surface area contributed by atoms with Crippen molar-refractivity contribution in [3.8, 4) is 5.75 Å². The van der Waals surface area contributed by atoms with Crippen LogP contribution in [0.3, 0.4) is 0 Å². The maximum absolute atomic E-state index is 13.4. The monoisotopic (exact) mass is 674 g/mol. The SMILES string of the molecule is C[C@@H]1[C@@H](C)C/C=C/[C@@](O)(C[S@+](C)[O-])[C@@H]2CC[C@H]2CN2C[C@@]3(CCCc4cc(Cl)ccc43)COc3ccc(cc32)C(=O)NS1(=O)=O. The predicted molar refractivity (Wildman–Crippen MR) is 179 cm³/mol. The van der Waals surface area contributed by atoms with Gasteiger partial charge in [-0.1, -0.05) is 47.9 Å². The lowest BCUT2D eigenvalue weighted by atomic mass is 9.64. The number of allylic oxidation sites excluding steroid dienone is 1. The van der Waals surface area contributed by atoms with E-state index in [1.807, 2.05) is 25.1 Å². The van der Waals surface area contributed by atoms with Crippen molar-refractivity contribution in [1.82, 2.24) is 4.72 Å². The van der Waals surface area contributed by atoms with Gasteiger partial charge in [-0.05, 0) is 98.7 Å². The van der Waals surface area contributed by atoms with Crippen LogP contribution in [-0.2, 0) is 33.0 Å². The number of hydrogen-bond donors (Lipinski definition) is 2. The first-order valence-corrected chi connectivity index (χ1v) is 19.5. The van der Waals surface area contributed by atoms with Gasteiger partial charge in [-0.15, -0.1) is 0 Å². The molecule has 0 aromatic heterocycles. The summed E-state index contributed by atoms with van der Waals surface area (Å²) in [6, 6.07) is 11.2. The lowest BCUT2D eigenvalue weighted by Gasteiger charge is -2.48. The van der Waals surface area contributed by atoms with Gasteiger partial charge in [0.15, 0.2) is 0 Å². The van der Waals surface area contributed by atoms with Gasteiger partial charge in [0, 0.05) is 35.0 Å². The number of carbonyl (C=O) groups excluding carboxylic acids is 1. The Hall–Kier alpha value is -2.24. The molecule has 4 aliphatic rings. The lowest BCUT2D eigenvalue weighted by Crippen LogP contribution is -2.54. The Balaban J connectivity index is 1.45. The number of benzene rings is 2. The highest BCUT2D eigenvalue weighted by Gasteiger charge is 2.49. The molecule has 1 saturated carbocycles. The van der Waals surface area contributed by atoms with Crippen molar-refractivity contribution < 1.29 is 27.6 Å². The van der Waals surface area contributed by atoms with E-state index < -0.39 is 38.0 Å². The summed E-state index contributed by atoms with van der Waals surface area (Å²) in [6.45, 7) is 5.10. The van der Waals surface area contributed by atoms with Crippen molar-refractivity contribution in [3.05, 3.63) is 70.3 Å². The molecule has 0 saturated heterocycles. The number of nitrogens with one attached hydrogen (secondary N) is 1. The summed E-state index contributed by atoms with van der Waals surface area (Å²) in [6.07, 6.45) is 10.1. The predicted octanol–water partition coefficient (Wildman–Crippen LogP) is 4.99. The van der Waals surface area contributed by atoms with Crippen LogP contribution in [0.1, 0.15) is 67.4 Å². The maximum Gasteiger partial charge on any atom is 0.264 e. The Morgan fingerprint density at radius 3 is 2.73 bits per heavy atom. The van der Waals surface area contributed by atoms with E-state index >= 15 is 0 Å². The molecule has 45 heavy (non-hydrogen) atoms. The Labute approximate surface area is 274 Å². The molecule has 244 valence electrons. The number of aliphatic hydroxyl groups is 1. The number of amides is 1. The summed E-state index contributed by atoms with van der Waals surface area (Å²) in [7, 11) is -3.99. The zero-order valence-corrected chi connectivity index (χ0v) is 28.5. The van der Waals surface area contributed by atoms with E-state index in [1.54, 1.807) is 37.5 Å². The molecule has 2 N–H and O–H groups in total. The minimum absolute atomic E-state index is 0.113. The normalized spacial score (nSPS) is 34.3. The average molecular weight is 675 g/mol. The van der Waals surface area contributed by atoms with E-state index in [4.69, 9.17) is 16.3 Å². The van der Waals surface area contributed by atoms with Crippen molar-refractivity contribution in [3.63, 3.8) is 0 Å². The average Bonchev–Trinajstić information content (AvgIpc) is 3.10. The zero-order chi connectivity index (χ0) is 32.1. The van der Waals surface area contributed by atoms with Crippen molar-refractivity contribution in [1.29, 1.82) is 0 Å². The van der Waals surface area contributed by atoms with Crippen LogP contribution in [-0.4, -0.2) is 66.5 Å². The molecule has 2 aromatic carbocycles. The third-order valence-electron chi connectivity index (χ3n) is 10.7. The highest BCUT2D eigenvalue weighted by Crippen LogP contribution is 2.48. The summed E-state index contributed by atoms with van der Waals surface area (Å²) < 4.78 is 48.0. The number of halogens is 1. The molecule has 2 aliphatic carbocycles. The fourth-order valence-corrected chi connectivity index (χ4v) is 10.3. The minimum Gasteiger partial charge on any atom is -0.616 e. The molecule has 0 unspecified atom stereocenters. The number of ether oxygens (including phenoxy) is 1. The van der Waals surface area contributed by atoms with Crippen LogP contribution < -0.4 is 14.4 Å². The third-order valence-corrected chi connectivity index (χ3v) is 13.7. The van der Waals surface area contributed by atoms with Gasteiger partial charge in [-0.3, -0.25) is 4.79 Å². The van der Waals surface area contributed by atoms with Crippen LogP contribution in [0.25, 0.3) is 0 Å². The summed E-state index contributed by atoms with van der Waals surface area (Å²) >= 11 is 5.16. The van der Waals surface area contributed by atoms with E-state index in [0.29, 0.717) is 36.9 Å². The van der Waals surface area contributed by atoms with Gasteiger partial charge in [0.1, 0.15) is 17.1 Å². The Kier molecular flexibility index (Phi) is 9.02. The Morgan fingerprint density at radius 2 is 2.00 bits per heavy atom. The van der Waals surface area contributed by atoms with Crippen LogP contribution in [0, 0.1) is 17.8 Å². The van der Waals surface area contributed by atoms with E-state index in [-0.39, 0.29) is 34.5 Å². The molecular formula is C34H43ClN2O6S2. The number of carbonyl (C=O) groups is 1. The van der Waals surface area contributed by atoms with E-state index in [0.717, 1.165) is 37.8 Å². The number of hydrogen-bond acceptors (Lipinski definition) is 7. The number of nitrogens with zero attached hydrogens (tertiary/aromatic N) is 1. The van der Waals surface area contributed by atoms with Crippen LogP contribution in [0.2, 0.25) is 5.02 Å². The molecule has 0 radical (unpaired) electrons. The van der Waals surface area contributed by atoms with E-state index in [9.17, 15) is 22.9 Å². The minimum atomic E-state index is -3.99. The summed E-state index contributed by atoms with van der Waals surface area (Å²) in [5.41, 5.74) is 1.81. The van der Waals surface area contributed by atoms with Gasteiger partial charge < -0.3 is 19.3 Å². The van der Waals surface area contributed by atoms with Gasteiger partial charge in [0.25, 0.3) is 5.91 Å². The van der Waals surface area contributed by atoms with E-state index in [2.05, 4.69) is 15.7 Å². The molecule has 11 heteroatoms. The summed E-state index contributed by atoms with van der Waals surface area (Å²) in [4.78, 5) is 15.7. The zero-order valence-electron chi connectivity index (χ0n) is 26.1. The standard InChI is InChI=1S/C34H43ClN2O6S2/c1-22-6-4-15-34(39,21-44(3)40)29-11-8-26(29)18-37-19-33(14-5-7-24-16-27(35)10-12-28(24)33)20-43-31-13-9-25(17-30(31)37)32(38)36-45(41,42)23(22)2/h4,9-10,12-13,15-17,22-23,26,29,39H,5-8,11,14,18-21H2,1-3H3,(H,36,38)/b15-4+/t22-,23+,26-,29+,33-,34+,44-/m0/s1. The molecular weight excluding hydrogens is 632 g/mol. The van der Waals surface area contributed by atoms with Crippen LogP contribution in [0.15, 0.2) is 48.6 Å². The van der Waals surface area contributed by atoms with Crippen molar-refractivity contribution in [2.24, 2.45) is 17.8 Å². The van der Waals surface area contributed by atoms with Crippen molar-refractivity contribution in [2.75, 3.05) is 36.6 Å². The van der Waals surface area contributed by atoms with Crippen LogP contribution >= 0.6 is 11.6 Å². The second-order valence-corrected chi connectivity index (χ2v) is 17.6. The Bertz CT molecular complexity index is 1600. The van der Waals surface area contributed by atoms with Gasteiger partial charge in [0.2, 0.25) is 10.0 Å². The molecule has 1 spiro atoms. The Morgan fingerprint density at radius 1 is 1.20 bits per heavy atom. The largest absolute Gasteiger partial charge is 0.616 e.